The Labute approximate surface area is 133 Å². The first kappa shape index (κ1) is 15.1. The van der Waals surface area contributed by atoms with Gasteiger partial charge < -0.3 is 14.5 Å². The summed E-state index contributed by atoms with van der Waals surface area (Å²) in [6, 6.07) is 16.7. The summed E-state index contributed by atoms with van der Waals surface area (Å²) in [7, 11) is 4.35. The third-order valence-electron chi connectivity index (χ3n) is 4.13. The number of fused-ring (bicyclic) bond motifs is 2. The second kappa shape index (κ2) is 6.95. The summed E-state index contributed by atoms with van der Waals surface area (Å²) in [5, 5.41) is 0. The Balaban J connectivity index is 1.97. The van der Waals surface area contributed by atoms with Crippen LogP contribution in [0.25, 0.3) is 0 Å². The van der Waals surface area contributed by atoms with E-state index in [4.69, 9.17) is 4.74 Å². The minimum absolute atomic E-state index is 0.919. The van der Waals surface area contributed by atoms with E-state index in [0.717, 1.165) is 37.7 Å². The van der Waals surface area contributed by atoms with E-state index in [0.29, 0.717) is 0 Å². The van der Waals surface area contributed by atoms with Crippen LogP contribution in [0, 0.1) is 0 Å². The molecular weight excluding hydrogens is 272 g/mol. The van der Waals surface area contributed by atoms with Crippen LogP contribution in [-0.2, 0) is 13.1 Å². The Hall–Kier alpha value is -1.84. The Kier molecular flexibility index (Phi) is 4.76. The van der Waals surface area contributed by atoms with Crippen molar-refractivity contribution in [3.63, 3.8) is 0 Å². The van der Waals surface area contributed by atoms with Crippen molar-refractivity contribution in [3.8, 4) is 11.5 Å². The fraction of sp³-hybridized carbons (Fsp3) is 0.368. The van der Waals surface area contributed by atoms with E-state index < -0.39 is 0 Å². The Morgan fingerprint density at radius 3 is 1.68 bits per heavy atom. The molecule has 0 fully saturated rings. The lowest BCUT2D eigenvalue weighted by Gasteiger charge is -2.24. The first-order valence-corrected chi connectivity index (χ1v) is 7.93. The van der Waals surface area contributed by atoms with Crippen molar-refractivity contribution in [1.82, 2.24) is 9.80 Å². The average Bonchev–Trinajstić information content (AvgIpc) is 2.50. The summed E-state index contributed by atoms with van der Waals surface area (Å²) < 4.78 is 6.26. The van der Waals surface area contributed by atoms with Gasteiger partial charge in [0.2, 0.25) is 0 Å². The van der Waals surface area contributed by atoms with Gasteiger partial charge in [0.25, 0.3) is 0 Å². The third-order valence-corrected chi connectivity index (χ3v) is 4.13. The summed E-state index contributed by atoms with van der Waals surface area (Å²) in [6.45, 7) is 4.03. The number of rotatable bonds is 0. The molecule has 2 aromatic carbocycles. The smallest absolute Gasteiger partial charge is 0.131 e. The molecule has 0 radical (unpaired) electrons. The maximum Gasteiger partial charge on any atom is 0.131 e. The van der Waals surface area contributed by atoms with Crippen molar-refractivity contribution in [3.05, 3.63) is 59.7 Å². The molecule has 1 aliphatic rings. The summed E-state index contributed by atoms with van der Waals surface area (Å²) in [6.07, 6.45) is 1.18. The van der Waals surface area contributed by atoms with Gasteiger partial charge in [0.1, 0.15) is 11.5 Å². The van der Waals surface area contributed by atoms with Gasteiger partial charge in [0.15, 0.2) is 0 Å². The number of hydrogen-bond donors (Lipinski definition) is 0. The zero-order chi connectivity index (χ0) is 15.4. The Morgan fingerprint density at radius 1 is 0.727 bits per heavy atom. The van der Waals surface area contributed by atoms with E-state index in [1.165, 1.54) is 17.5 Å². The normalized spacial score (nSPS) is 17.5. The van der Waals surface area contributed by atoms with E-state index in [-0.39, 0.29) is 0 Å². The van der Waals surface area contributed by atoms with Gasteiger partial charge in [0, 0.05) is 24.2 Å². The number of para-hydroxylation sites is 2. The number of nitrogens with zero attached hydrogens (tertiary/aromatic N) is 2. The largest absolute Gasteiger partial charge is 0.457 e. The highest BCUT2D eigenvalue weighted by Crippen LogP contribution is 2.29. The number of ether oxygens (including phenoxy) is 1. The van der Waals surface area contributed by atoms with Gasteiger partial charge in [-0.3, -0.25) is 0 Å². The molecule has 0 saturated heterocycles. The molecule has 3 rings (SSSR count). The molecule has 1 heterocycles. The summed E-state index contributed by atoms with van der Waals surface area (Å²) in [4.78, 5) is 4.73. The highest BCUT2D eigenvalue weighted by atomic mass is 16.5. The standard InChI is InChI=1S/C19H24N2O/c1-20-12-7-13-21(2)15-17-9-4-6-11-19(17)22-18-10-5-3-8-16(18)14-20/h3-6,8-11H,7,12-15H2,1-2H3. The van der Waals surface area contributed by atoms with Crippen molar-refractivity contribution >= 4 is 0 Å². The highest BCUT2D eigenvalue weighted by Gasteiger charge is 2.13. The Morgan fingerprint density at radius 2 is 1.18 bits per heavy atom. The lowest BCUT2D eigenvalue weighted by atomic mass is 10.1. The molecule has 0 saturated carbocycles. The second-order valence-electron chi connectivity index (χ2n) is 6.15. The maximum absolute atomic E-state index is 6.26. The Bertz CT molecular complexity index is 573. The second-order valence-corrected chi connectivity index (χ2v) is 6.15. The molecule has 1 aliphatic heterocycles. The average molecular weight is 296 g/mol. The predicted octanol–water partition coefficient (Wildman–Crippen LogP) is 3.75. The summed E-state index contributed by atoms with van der Waals surface area (Å²) >= 11 is 0. The molecule has 0 aliphatic carbocycles. The topological polar surface area (TPSA) is 15.7 Å². The van der Waals surface area contributed by atoms with Crippen LogP contribution in [0.2, 0.25) is 0 Å². The van der Waals surface area contributed by atoms with Crippen LogP contribution in [0.3, 0.4) is 0 Å². The lowest BCUT2D eigenvalue weighted by Crippen LogP contribution is -2.26. The molecule has 0 spiro atoms. The number of benzene rings is 2. The van der Waals surface area contributed by atoms with E-state index in [1.807, 2.05) is 12.1 Å². The molecule has 0 unspecified atom stereocenters. The van der Waals surface area contributed by atoms with Crippen molar-refractivity contribution in [2.75, 3.05) is 27.2 Å². The molecule has 0 amide bonds. The van der Waals surface area contributed by atoms with Crippen LogP contribution in [0.4, 0.5) is 0 Å². The van der Waals surface area contributed by atoms with Crippen molar-refractivity contribution in [2.24, 2.45) is 0 Å². The third kappa shape index (κ3) is 3.67. The van der Waals surface area contributed by atoms with Crippen LogP contribution < -0.4 is 4.74 Å². The predicted molar refractivity (Wildman–Crippen MR) is 90.2 cm³/mol. The van der Waals surface area contributed by atoms with Crippen molar-refractivity contribution in [1.29, 1.82) is 0 Å². The van der Waals surface area contributed by atoms with Crippen LogP contribution in [0.1, 0.15) is 17.5 Å². The SMILES string of the molecule is CN1CCCN(C)Cc2ccccc2Oc2ccccc2C1. The first-order valence-electron chi connectivity index (χ1n) is 7.93. The van der Waals surface area contributed by atoms with Gasteiger partial charge in [-0.2, -0.15) is 0 Å². The van der Waals surface area contributed by atoms with Crippen molar-refractivity contribution in [2.45, 2.75) is 19.5 Å². The van der Waals surface area contributed by atoms with E-state index >= 15 is 0 Å². The number of hydrogen-bond acceptors (Lipinski definition) is 3. The molecule has 2 aromatic rings. The highest BCUT2D eigenvalue weighted by molar-refractivity contribution is 5.41. The zero-order valence-corrected chi connectivity index (χ0v) is 13.5. The monoisotopic (exact) mass is 296 g/mol. The quantitative estimate of drug-likeness (QED) is 0.736. The van der Waals surface area contributed by atoms with Gasteiger partial charge in [0.05, 0.1) is 0 Å². The lowest BCUT2D eigenvalue weighted by molar-refractivity contribution is 0.263. The molecule has 0 N–H and O–H groups in total. The minimum atomic E-state index is 0.919. The van der Waals surface area contributed by atoms with E-state index in [1.54, 1.807) is 0 Å². The van der Waals surface area contributed by atoms with Crippen LogP contribution in [0.15, 0.2) is 48.5 Å². The first-order chi connectivity index (χ1) is 10.7. The summed E-state index contributed by atoms with van der Waals surface area (Å²) in [5.41, 5.74) is 2.49. The van der Waals surface area contributed by atoms with Gasteiger partial charge in [-0.05, 0) is 45.7 Å². The van der Waals surface area contributed by atoms with Crippen LogP contribution in [-0.4, -0.2) is 37.0 Å². The van der Waals surface area contributed by atoms with Gasteiger partial charge >= 0.3 is 0 Å². The molecule has 0 aromatic heterocycles. The van der Waals surface area contributed by atoms with Crippen LogP contribution in [0.5, 0.6) is 11.5 Å². The van der Waals surface area contributed by atoms with Crippen molar-refractivity contribution < 1.29 is 4.74 Å². The fourth-order valence-corrected chi connectivity index (χ4v) is 2.94. The molecule has 0 atom stereocenters. The van der Waals surface area contributed by atoms with Gasteiger partial charge in [-0.1, -0.05) is 36.4 Å². The maximum atomic E-state index is 6.26. The fourth-order valence-electron chi connectivity index (χ4n) is 2.94. The molecule has 3 nitrogen and oxygen atoms in total. The van der Waals surface area contributed by atoms with E-state index in [9.17, 15) is 0 Å². The molecule has 22 heavy (non-hydrogen) atoms. The van der Waals surface area contributed by atoms with E-state index in [2.05, 4.69) is 60.3 Å². The minimum Gasteiger partial charge on any atom is -0.457 e. The van der Waals surface area contributed by atoms with Gasteiger partial charge in [-0.15, -0.1) is 0 Å². The molecule has 3 heteroatoms. The zero-order valence-electron chi connectivity index (χ0n) is 13.5. The van der Waals surface area contributed by atoms with Gasteiger partial charge in [-0.25, -0.2) is 0 Å². The molecular formula is C19H24N2O. The molecule has 116 valence electrons. The van der Waals surface area contributed by atoms with Crippen LogP contribution >= 0.6 is 0 Å². The summed E-state index contributed by atoms with van der Waals surface area (Å²) in [5.74, 6) is 1.93. The molecule has 0 bridgehead atoms.